The number of hydrogen-bond acceptors (Lipinski definition) is 0. The van der Waals surface area contributed by atoms with Crippen molar-refractivity contribution in [2.24, 2.45) is 5.92 Å². The molecule has 0 aromatic heterocycles. The molecular formula is C25H22N2. The maximum Gasteiger partial charge on any atom is 0.299 e. The molecule has 3 aromatic rings. The highest BCUT2D eigenvalue weighted by atomic mass is 14.9. The van der Waals surface area contributed by atoms with Crippen LogP contribution in [-0.4, -0.2) is 10.5 Å². The summed E-state index contributed by atoms with van der Waals surface area (Å²) >= 11 is 0. The van der Waals surface area contributed by atoms with Crippen LogP contribution in [0.4, 0.5) is 0 Å². The second-order valence-corrected chi connectivity index (χ2v) is 6.25. The van der Waals surface area contributed by atoms with Gasteiger partial charge in [-0.3, -0.25) is 0 Å². The molecular weight excluding hydrogens is 328 g/mol. The van der Waals surface area contributed by atoms with E-state index < -0.39 is 0 Å². The van der Waals surface area contributed by atoms with Gasteiger partial charge in [0.2, 0.25) is 0 Å². The Balaban J connectivity index is 0.000000299. The Morgan fingerprint density at radius 3 is 1.52 bits per heavy atom. The van der Waals surface area contributed by atoms with Crippen LogP contribution < -0.4 is 0 Å². The van der Waals surface area contributed by atoms with E-state index in [0.717, 1.165) is 0 Å². The molecule has 0 spiro atoms. The Kier molecular flexibility index (Phi) is 6.69. The number of nitrogens with zero attached hydrogens (tertiary/aromatic N) is 2. The summed E-state index contributed by atoms with van der Waals surface area (Å²) in [6.45, 7) is 0. The molecule has 1 aliphatic rings. The molecule has 0 saturated carbocycles. The molecule has 0 heterocycles. The molecule has 1 unspecified atom stereocenters. The zero-order valence-corrected chi connectivity index (χ0v) is 15.1. The minimum atomic E-state index is 0.0322. The quantitative estimate of drug-likeness (QED) is 0.415. The number of benzene rings is 3. The van der Waals surface area contributed by atoms with Crippen LogP contribution in [0.25, 0.3) is 5.53 Å². The molecule has 2 nitrogen and oxygen atoms in total. The zero-order chi connectivity index (χ0) is 18.7. The zero-order valence-electron chi connectivity index (χ0n) is 15.1. The van der Waals surface area contributed by atoms with Gasteiger partial charge in [-0.2, -0.15) is 4.79 Å². The average molecular weight is 350 g/mol. The van der Waals surface area contributed by atoms with E-state index >= 15 is 0 Å². The predicted octanol–water partition coefficient (Wildman–Crippen LogP) is 5.92. The Labute approximate surface area is 160 Å². The number of rotatable bonds is 3. The van der Waals surface area contributed by atoms with Crippen LogP contribution in [0.2, 0.25) is 0 Å². The van der Waals surface area contributed by atoms with Crippen molar-refractivity contribution in [3.63, 3.8) is 0 Å². The van der Waals surface area contributed by atoms with Crippen molar-refractivity contribution in [2.75, 3.05) is 0 Å². The third kappa shape index (κ3) is 5.01. The molecule has 0 N–H and O–H groups in total. The van der Waals surface area contributed by atoms with E-state index in [0.29, 0.717) is 5.71 Å². The van der Waals surface area contributed by atoms with Crippen LogP contribution in [0.3, 0.4) is 0 Å². The molecule has 2 heteroatoms. The summed E-state index contributed by atoms with van der Waals surface area (Å²) in [6, 6.07) is 32.7. The third-order valence-electron chi connectivity index (χ3n) is 4.50. The standard InChI is InChI=1S/C19H16N2.C6H6/c20-21-18-14-8-7-13-17(18)19(15-9-3-1-4-10-15)16-11-5-2-6-12-16;1-2-4-6-5-3-1/h1-14,17,19H;1-6H. The molecule has 0 saturated heterocycles. The smallest absolute Gasteiger partial charge is 0.299 e. The van der Waals surface area contributed by atoms with Crippen LogP contribution in [0.1, 0.15) is 17.0 Å². The van der Waals surface area contributed by atoms with E-state index in [2.05, 4.69) is 35.1 Å². The predicted molar refractivity (Wildman–Crippen MR) is 112 cm³/mol. The van der Waals surface area contributed by atoms with Gasteiger partial charge in [-0.05, 0) is 11.1 Å². The fourth-order valence-electron chi connectivity index (χ4n) is 3.24. The number of allylic oxidation sites excluding steroid dienone is 4. The van der Waals surface area contributed by atoms with Crippen molar-refractivity contribution >= 4 is 5.71 Å². The van der Waals surface area contributed by atoms with Gasteiger partial charge >= 0.3 is 0 Å². The van der Waals surface area contributed by atoms with Gasteiger partial charge in [-0.1, -0.05) is 115 Å². The minimum absolute atomic E-state index is 0.0322. The first-order valence-corrected chi connectivity index (χ1v) is 9.07. The van der Waals surface area contributed by atoms with Crippen molar-refractivity contribution in [1.82, 2.24) is 0 Å². The van der Waals surface area contributed by atoms with E-state index in [4.69, 9.17) is 0 Å². The highest BCUT2D eigenvalue weighted by molar-refractivity contribution is 5.96. The first-order valence-electron chi connectivity index (χ1n) is 9.07. The average Bonchev–Trinajstić information content (AvgIpc) is 2.77. The molecule has 0 amide bonds. The Morgan fingerprint density at radius 2 is 1.07 bits per heavy atom. The van der Waals surface area contributed by atoms with Gasteiger partial charge in [-0.15, -0.1) is 0 Å². The first kappa shape index (κ1) is 18.3. The molecule has 3 aromatic carbocycles. The summed E-state index contributed by atoms with van der Waals surface area (Å²) in [7, 11) is 0. The Hall–Kier alpha value is -3.48. The van der Waals surface area contributed by atoms with Gasteiger partial charge in [0.25, 0.3) is 5.71 Å². The largest absolute Gasteiger partial charge is 0.361 e. The summed E-state index contributed by atoms with van der Waals surface area (Å²) < 4.78 is 0. The Bertz CT molecular complexity index is 856. The van der Waals surface area contributed by atoms with Gasteiger partial charge in [0.1, 0.15) is 0 Å². The maximum atomic E-state index is 9.31. The van der Waals surface area contributed by atoms with Gasteiger partial charge in [0, 0.05) is 12.0 Å². The van der Waals surface area contributed by atoms with Crippen molar-refractivity contribution in [3.05, 3.63) is 138 Å². The summed E-state index contributed by atoms with van der Waals surface area (Å²) in [5.41, 5.74) is 12.4. The lowest BCUT2D eigenvalue weighted by Crippen LogP contribution is -2.22. The SMILES string of the molecule is [N-]=[N+]=C1C=CC=CC1C(c1ccccc1)c1ccccc1.c1ccccc1. The van der Waals surface area contributed by atoms with Crippen LogP contribution in [-0.2, 0) is 0 Å². The summed E-state index contributed by atoms with van der Waals surface area (Å²) in [5.74, 6) is 0.171. The topological polar surface area (TPSA) is 36.4 Å². The fraction of sp³-hybridized carbons (Fsp3) is 0.0800. The van der Waals surface area contributed by atoms with Crippen molar-refractivity contribution < 1.29 is 4.79 Å². The van der Waals surface area contributed by atoms with Gasteiger partial charge < -0.3 is 5.53 Å². The molecule has 0 fully saturated rings. The van der Waals surface area contributed by atoms with Crippen LogP contribution in [0.5, 0.6) is 0 Å². The van der Waals surface area contributed by atoms with Gasteiger partial charge in [-0.25, -0.2) is 0 Å². The van der Waals surface area contributed by atoms with E-state index in [1.165, 1.54) is 11.1 Å². The third-order valence-corrected chi connectivity index (χ3v) is 4.50. The first-order chi connectivity index (χ1) is 13.4. The van der Waals surface area contributed by atoms with E-state index in [1.807, 2.05) is 91.0 Å². The highest BCUT2D eigenvalue weighted by Gasteiger charge is 2.31. The minimum Gasteiger partial charge on any atom is -0.361 e. The second-order valence-electron chi connectivity index (χ2n) is 6.25. The molecule has 132 valence electrons. The summed E-state index contributed by atoms with van der Waals surface area (Å²) in [4.78, 5) is 3.48. The van der Waals surface area contributed by atoms with E-state index in [9.17, 15) is 5.53 Å². The molecule has 1 aliphatic carbocycles. The van der Waals surface area contributed by atoms with E-state index in [1.54, 1.807) is 0 Å². The molecule has 27 heavy (non-hydrogen) atoms. The van der Waals surface area contributed by atoms with Crippen molar-refractivity contribution in [2.45, 2.75) is 5.92 Å². The van der Waals surface area contributed by atoms with Crippen LogP contribution in [0.15, 0.2) is 121 Å². The molecule has 0 bridgehead atoms. The summed E-state index contributed by atoms with van der Waals surface area (Å²) in [6.07, 6.45) is 7.88. The monoisotopic (exact) mass is 350 g/mol. The Morgan fingerprint density at radius 1 is 0.630 bits per heavy atom. The lowest BCUT2D eigenvalue weighted by molar-refractivity contribution is -0.00967. The summed E-state index contributed by atoms with van der Waals surface area (Å²) in [5, 5.41) is 0. The van der Waals surface area contributed by atoms with Gasteiger partial charge in [0.05, 0.1) is 5.92 Å². The molecule has 4 rings (SSSR count). The molecule has 0 aliphatic heterocycles. The number of hydrogen-bond donors (Lipinski definition) is 0. The van der Waals surface area contributed by atoms with Crippen molar-refractivity contribution in [3.8, 4) is 0 Å². The second kappa shape index (κ2) is 9.86. The van der Waals surface area contributed by atoms with Gasteiger partial charge in [0.15, 0.2) is 0 Å². The normalized spacial score (nSPS) is 15.0. The van der Waals surface area contributed by atoms with Crippen molar-refractivity contribution in [1.29, 1.82) is 0 Å². The van der Waals surface area contributed by atoms with Crippen LogP contribution >= 0.6 is 0 Å². The molecule has 0 radical (unpaired) electrons. The fourth-order valence-corrected chi connectivity index (χ4v) is 3.24. The van der Waals surface area contributed by atoms with E-state index in [-0.39, 0.29) is 11.8 Å². The lowest BCUT2D eigenvalue weighted by Gasteiger charge is -2.23. The van der Waals surface area contributed by atoms with Crippen LogP contribution in [0, 0.1) is 5.92 Å². The lowest BCUT2D eigenvalue weighted by atomic mass is 9.77. The maximum absolute atomic E-state index is 9.31. The highest BCUT2D eigenvalue weighted by Crippen LogP contribution is 2.34. The molecule has 1 atom stereocenters.